The van der Waals surface area contributed by atoms with Crippen LogP contribution in [0.5, 0.6) is 0 Å². The van der Waals surface area contributed by atoms with E-state index >= 15 is 0 Å². The molecule has 2 amide bonds. The van der Waals surface area contributed by atoms with Crippen LogP contribution in [0, 0.1) is 11.8 Å². The zero-order valence-electron chi connectivity index (χ0n) is 13.2. The molecule has 2 atom stereocenters. The maximum absolute atomic E-state index is 12.1. The van der Waals surface area contributed by atoms with Crippen LogP contribution in [0.2, 0.25) is 0 Å². The Kier molecular flexibility index (Phi) is 6.46. The molecule has 1 saturated heterocycles. The highest BCUT2D eigenvalue weighted by atomic mass is 16.2. The van der Waals surface area contributed by atoms with Gasteiger partial charge in [-0.3, -0.25) is 9.59 Å². The van der Waals surface area contributed by atoms with Crippen molar-refractivity contribution in [3.63, 3.8) is 0 Å². The predicted octanol–water partition coefficient (Wildman–Crippen LogP) is 1.12. The molecule has 5 nitrogen and oxygen atoms in total. The van der Waals surface area contributed by atoms with Gasteiger partial charge in [-0.25, -0.2) is 0 Å². The van der Waals surface area contributed by atoms with Gasteiger partial charge in [-0.2, -0.15) is 0 Å². The van der Waals surface area contributed by atoms with Crippen LogP contribution in [0.3, 0.4) is 0 Å². The van der Waals surface area contributed by atoms with E-state index in [-0.39, 0.29) is 29.8 Å². The van der Waals surface area contributed by atoms with Gasteiger partial charge in [-0.05, 0) is 32.6 Å². The number of likely N-dealkylation sites (tertiary alicyclic amines) is 1. The van der Waals surface area contributed by atoms with E-state index in [1.807, 2.05) is 18.7 Å². The zero-order valence-corrected chi connectivity index (χ0v) is 13.2. The van der Waals surface area contributed by atoms with Crippen LogP contribution in [0.25, 0.3) is 0 Å². The number of hydrogen-bond donors (Lipinski definition) is 2. The highest BCUT2D eigenvalue weighted by molar-refractivity contribution is 5.80. The third-order valence-electron chi connectivity index (χ3n) is 4.08. The lowest BCUT2D eigenvalue weighted by molar-refractivity contribution is -0.136. The van der Waals surface area contributed by atoms with E-state index in [1.165, 1.54) is 0 Å². The molecule has 1 aliphatic rings. The van der Waals surface area contributed by atoms with Gasteiger partial charge in [0.15, 0.2) is 0 Å². The number of carbonyl (C=O) groups excluding carboxylic acids is 2. The number of hydrogen-bond acceptors (Lipinski definition) is 3. The smallest absolute Gasteiger partial charge is 0.224 e. The number of rotatable bonds is 5. The number of nitrogens with zero attached hydrogens (tertiary/aromatic N) is 1. The molecule has 0 aromatic heterocycles. The quantitative estimate of drug-likeness (QED) is 0.794. The van der Waals surface area contributed by atoms with Crippen LogP contribution >= 0.6 is 0 Å². The van der Waals surface area contributed by atoms with Crippen molar-refractivity contribution in [2.45, 2.75) is 59.0 Å². The van der Waals surface area contributed by atoms with E-state index < -0.39 is 0 Å². The van der Waals surface area contributed by atoms with Crippen molar-refractivity contribution in [1.82, 2.24) is 10.2 Å². The summed E-state index contributed by atoms with van der Waals surface area (Å²) in [7, 11) is 0. The van der Waals surface area contributed by atoms with E-state index in [0.29, 0.717) is 25.4 Å². The molecule has 1 heterocycles. The number of piperidine rings is 1. The number of nitrogens with two attached hydrogens (primary N) is 1. The summed E-state index contributed by atoms with van der Waals surface area (Å²) in [6.07, 6.45) is 1.89. The van der Waals surface area contributed by atoms with Gasteiger partial charge in [0.1, 0.15) is 0 Å². The second kappa shape index (κ2) is 7.62. The number of amides is 2. The molecule has 1 aliphatic heterocycles. The number of carbonyl (C=O) groups is 2. The molecular weight excluding hydrogens is 254 g/mol. The van der Waals surface area contributed by atoms with Crippen molar-refractivity contribution >= 4 is 11.8 Å². The largest absolute Gasteiger partial charge is 0.353 e. The van der Waals surface area contributed by atoms with Crippen LogP contribution in [0.4, 0.5) is 0 Å². The monoisotopic (exact) mass is 283 g/mol. The Bertz CT molecular complexity index is 334. The molecule has 116 valence electrons. The molecule has 0 saturated carbocycles. The van der Waals surface area contributed by atoms with Gasteiger partial charge in [-0.1, -0.05) is 13.8 Å². The van der Waals surface area contributed by atoms with Crippen molar-refractivity contribution in [2.75, 3.05) is 13.1 Å². The number of nitrogens with one attached hydrogen (secondary N) is 1. The predicted molar refractivity (Wildman–Crippen MR) is 80.0 cm³/mol. The average molecular weight is 283 g/mol. The third-order valence-corrected chi connectivity index (χ3v) is 4.08. The summed E-state index contributed by atoms with van der Waals surface area (Å²) in [6.45, 7) is 9.40. The van der Waals surface area contributed by atoms with Gasteiger partial charge in [0.25, 0.3) is 0 Å². The van der Waals surface area contributed by atoms with Crippen molar-refractivity contribution in [1.29, 1.82) is 0 Å². The standard InChI is InChI=1S/C15H29N3O2/c1-10(2)12(4)17-15(20)13-5-7-18(8-6-13)14(19)9-11(3)16/h10-13H,5-9,16H2,1-4H3,(H,17,20). The van der Waals surface area contributed by atoms with Crippen molar-refractivity contribution < 1.29 is 9.59 Å². The van der Waals surface area contributed by atoms with Crippen LogP contribution in [-0.4, -0.2) is 41.9 Å². The van der Waals surface area contributed by atoms with Gasteiger partial charge < -0.3 is 16.0 Å². The Morgan fingerprint density at radius 3 is 2.20 bits per heavy atom. The molecular formula is C15H29N3O2. The van der Waals surface area contributed by atoms with E-state index in [0.717, 1.165) is 12.8 Å². The summed E-state index contributed by atoms with van der Waals surface area (Å²) in [5.74, 6) is 0.710. The molecule has 0 spiro atoms. The minimum absolute atomic E-state index is 0.0375. The van der Waals surface area contributed by atoms with Crippen molar-refractivity contribution in [3.05, 3.63) is 0 Å². The van der Waals surface area contributed by atoms with Crippen LogP contribution < -0.4 is 11.1 Å². The Hall–Kier alpha value is -1.10. The van der Waals surface area contributed by atoms with E-state index in [4.69, 9.17) is 5.73 Å². The topological polar surface area (TPSA) is 75.4 Å². The Labute approximate surface area is 122 Å². The lowest BCUT2D eigenvalue weighted by Crippen LogP contribution is -2.46. The average Bonchev–Trinajstić information content (AvgIpc) is 2.37. The lowest BCUT2D eigenvalue weighted by Gasteiger charge is -2.32. The zero-order chi connectivity index (χ0) is 15.3. The van der Waals surface area contributed by atoms with Gasteiger partial charge in [0.05, 0.1) is 0 Å². The summed E-state index contributed by atoms with van der Waals surface area (Å²) < 4.78 is 0. The maximum Gasteiger partial charge on any atom is 0.224 e. The van der Waals surface area contributed by atoms with Gasteiger partial charge in [0.2, 0.25) is 11.8 Å². The summed E-state index contributed by atoms with van der Waals surface area (Å²) in [5.41, 5.74) is 5.65. The first-order chi connectivity index (χ1) is 9.31. The lowest BCUT2D eigenvalue weighted by atomic mass is 9.94. The second-order valence-electron chi connectivity index (χ2n) is 6.38. The highest BCUT2D eigenvalue weighted by Gasteiger charge is 2.28. The highest BCUT2D eigenvalue weighted by Crippen LogP contribution is 2.19. The van der Waals surface area contributed by atoms with Gasteiger partial charge in [0, 0.05) is 37.5 Å². The Morgan fingerprint density at radius 2 is 1.75 bits per heavy atom. The summed E-state index contributed by atoms with van der Waals surface area (Å²) >= 11 is 0. The maximum atomic E-state index is 12.1. The summed E-state index contributed by atoms with van der Waals surface area (Å²) in [5, 5.41) is 3.06. The van der Waals surface area contributed by atoms with E-state index in [1.54, 1.807) is 0 Å². The minimum atomic E-state index is -0.101. The fourth-order valence-corrected chi connectivity index (χ4v) is 2.30. The molecule has 0 radical (unpaired) electrons. The normalized spacial score (nSPS) is 19.8. The van der Waals surface area contributed by atoms with Crippen molar-refractivity contribution in [2.24, 2.45) is 17.6 Å². The molecule has 1 rings (SSSR count). The molecule has 20 heavy (non-hydrogen) atoms. The Balaban J connectivity index is 2.38. The molecule has 1 fully saturated rings. The van der Waals surface area contributed by atoms with E-state index in [9.17, 15) is 9.59 Å². The first-order valence-corrected chi connectivity index (χ1v) is 7.65. The van der Waals surface area contributed by atoms with Gasteiger partial charge >= 0.3 is 0 Å². The van der Waals surface area contributed by atoms with E-state index in [2.05, 4.69) is 19.2 Å². The molecule has 0 aromatic rings. The van der Waals surface area contributed by atoms with Crippen molar-refractivity contribution in [3.8, 4) is 0 Å². The first kappa shape index (κ1) is 17.0. The van der Waals surface area contributed by atoms with Crippen LogP contribution in [0.1, 0.15) is 47.0 Å². The fraction of sp³-hybridized carbons (Fsp3) is 0.867. The summed E-state index contributed by atoms with van der Waals surface area (Å²) in [4.78, 5) is 25.9. The fourth-order valence-electron chi connectivity index (χ4n) is 2.30. The Morgan fingerprint density at radius 1 is 1.20 bits per heavy atom. The molecule has 0 aromatic carbocycles. The first-order valence-electron chi connectivity index (χ1n) is 7.65. The SMILES string of the molecule is CC(N)CC(=O)N1CCC(C(=O)NC(C)C(C)C)CC1. The summed E-state index contributed by atoms with van der Waals surface area (Å²) in [6, 6.07) is 0.0932. The van der Waals surface area contributed by atoms with Crippen LogP contribution in [0.15, 0.2) is 0 Å². The molecule has 5 heteroatoms. The van der Waals surface area contributed by atoms with Crippen LogP contribution in [-0.2, 0) is 9.59 Å². The molecule has 3 N–H and O–H groups in total. The molecule has 2 unspecified atom stereocenters. The second-order valence-corrected chi connectivity index (χ2v) is 6.38. The van der Waals surface area contributed by atoms with Gasteiger partial charge in [-0.15, -0.1) is 0 Å². The molecule has 0 aliphatic carbocycles. The minimum Gasteiger partial charge on any atom is -0.353 e. The third kappa shape index (κ3) is 5.12. The molecule has 0 bridgehead atoms.